The standard InChI is InChI=1S/C22H20FN3O3/c1-14-4-7-16(8-5-14)26-21(28)17(20(27)24-22(26)29)12-15-6-9-19(18(23)13-15)25-10-2-3-11-25/h4-9,12-13H,2-3,10-11H2,1H3,(H,24,27,29). The summed E-state index contributed by atoms with van der Waals surface area (Å²) in [5, 5.41) is 2.17. The van der Waals surface area contributed by atoms with E-state index < -0.39 is 23.7 Å². The highest BCUT2D eigenvalue weighted by molar-refractivity contribution is 6.39. The van der Waals surface area contributed by atoms with Crippen molar-refractivity contribution in [2.24, 2.45) is 0 Å². The average molecular weight is 393 g/mol. The smallest absolute Gasteiger partial charge is 0.335 e. The minimum atomic E-state index is -0.809. The molecule has 0 spiro atoms. The zero-order valence-corrected chi connectivity index (χ0v) is 15.9. The van der Waals surface area contributed by atoms with Gasteiger partial charge in [0.1, 0.15) is 11.4 Å². The highest BCUT2D eigenvalue weighted by Crippen LogP contribution is 2.26. The summed E-state index contributed by atoms with van der Waals surface area (Å²) in [4.78, 5) is 40.2. The predicted molar refractivity (Wildman–Crippen MR) is 108 cm³/mol. The molecule has 0 bridgehead atoms. The molecular formula is C22H20FN3O3. The number of halogens is 1. The fourth-order valence-corrected chi connectivity index (χ4v) is 3.58. The van der Waals surface area contributed by atoms with E-state index in [9.17, 15) is 18.8 Å². The number of amides is 4. The molecule has 2 aromatic carbocycles. The summed E-state index contributed by atoms with van der Waals surface area (Å²) in [6, 6.07) is 10.6. The van der Waals surface area contributed by atoms with Gasteiger partial charge < -0.3 is 4.90 Å². The number of nitrogens with one attached hydrogen (secondary N) is 1. The first-order valence-corrected chi connectivity index (χ1v) is 9.46. The summed E-state index contributed by atoms with van der Waals surface area (Å²) in [6.07, 6.45) is 3.37. The molecule has 0 aromatic heterocycles. The lowest BCUT2D eigenvalue weighted by Crippen LogP contribution is -2.54. The van der Waals surface area contributed by atoms with Crippen LogP contribution in [-0.4, -0.2) is 30.9 Å². The second-order valence-corrected chi connectivity index (χ2v) is 7.20. The van der Waals surface area contributed by atoms with E-state index in [-0.39, 0.29) is 5.57 Å². The van der Waals surface area contributed by atoms with Crippen LogP contribution < -0.4 is 15.1 Å². The minimum absolute atomic E-state index is 0.224. The summed E-state index contributed by atoms with van der Waals surface area (Å²) >= 11 is 0. The van der Waals surface area contributed by atoms with Crippen LogP contribution in [0.1, 0.15) is 24.0 Å². The Morgan fingerprint density at radius 1 is 1.00 bits per heavy atom. The van der Waals surface area contributed by atoms with Crippen LogP contribution in [0.5, 0.6) is 0 Å². The maximum atomic E-state index is 14.6. The molecule has 2 aliphatic heterocycles. The third-order valence-corrected chi connectivity index (χ3v) is 5.12. The number of barbiturate groups is 1. The number of aryl methyl sites for hydroxylation is 1. The van der Waals surface area contributed by atoms with E-state index in [0.29, 0.717) is 16.9 Å². The molecule has 4 rings (SSSR count). The second kappa shape index (κ2) is 7.50. The number of carbonyl (C=O) groups is 3. The average Bonchev–Trinajstić information content (AvgIpc) is 3.21. The van der Waals surface area contributed by atoms with Gasteiger partial charge in [-0.1, -0.05) is 23.8 Å². The first-order valence-electron chi connectivity index (χ1n) is 9.46. The van der Waals surface area contributed by atoms with Crippen LogP contribution in [0.2, 0.25) is 0 Å². The zero-order chi connectivity index (χ0) is 20.5. The molecule has 2 aliphatic rings. The van der Waals surface area contributed by atoms with Crippen LogP contribution >= 0.6 is 0 Å². The molecular weight excluding hydrogens is 373 g/mol. The molecule has 2 fully saturated rings. The van der Waals surface area contributed by atoms with Crippen molar-refractivity contribution in [1.29, 1.82) is 0 Å². The first kappa shape index (κ1) is 18.9. The third kappa shape index (κ3) is 3.63. The van der Waals surface area contributed by atoms with Crippen molar-refractivity contribution in [3.05, 3.63) is 65.0 Å². The number of urea groups is 1. The Hall–Kier alpha value is -3.48. The van der Waals surface area contributed by atoms with Gasteiger partial charge in [-0.15, -0.1) is 0 Å². The van der Waals surface area contributed by atoms with Gasteiger partial charge in [0, 0.05) is 13.1 Å². The quantitative estimate of drug-likeness (QED) is 0.641. The van der Waals surface area contributed by atoms with E-state index in [0.717, 1.165) is 36.4 Å². The van der Waals surface area contributed by atoms with Crippen molar-refractivity contribution in [3.8, 4) is 0 Å². The molecule has 2 saturated heterocycles. The maximum absolute atomic E-state index is 14.6. The Kier molecular flexibility index (Phi) is 4.88. The Morgan fingerprint density at radius 3 is 2.34 bits per heavy atom. The minimum Gasteiger partial charge on any atom is -0.369 e. The maximum Gasteiger partial charge on any atom is 0.335 e. The molecule has 0 aliphatic carbocycles. The van der Waals surface area contributed by atoms with Crippen LogP contribution in [0.25, 0.3) is 6.08 Å². The van der Waals surface area contributed by atoms with Crippen molar-refractivity contribution in [1.82, 2.24) is 5.32 Å². The first-order chi connectivity index (χ1) is 13.9. The van der Waals surface area contributed by atoms with Crippen molar-refractivity contribution in [2.75, 3.05) is 22.9 Å². The Bertz CT molecular complexity index is 1020. The van der Waals surface area contributed by atoms with Crippen molar-refractivity contribution in [3.63, 3.8) is 0 Å². The van der Waals surface area contributed by atoms with Gasteiger partial charge in [0.05, 0.1) is 11.4 Å². The van der Waals surface area contributed by atoms with E-state index in [1.54, 1.807) is 36.4 Å². The van der Waals surface area contributed by atoms with Crippen LogP contribution in [0.4, 0.5) is 20.6 Å². The number of hydrogen-bond acceptors (Lipinski definition) is 4. The molecule has 6 nitrogen and oxygen atoms in total. The SMILES string of the molecule is Cc1ccc(N2C(=O)NC(=O)C(=Cc3ccc(N4CCCC4)c(F)c3)C2=O)cc1. The number of anilines is 2. The van der Waals surface area contributed by atoms with E-state index >= 15 is 0 Å². The van der Waals surface area contributed by atoms with E-state index in [4.69, 9.17) is 0 Å². The van der Waals surface area contributed by atoms with E-state index in [1.807, 2.05) is 11.8 Å². The Balaban J connectivity index is 1.65. The van der Waals surface area contributed by atoms with E-state index in [1.165, 1.54) is 12.1 Å². The highest BCUT2D eigenvalue weighted by atomic mass is 19.1. The largest absolute Gasteiger partial charge is 0.369 e. The van der Waals surface area contributed by atoms with Gasteiger partial charge >= 0.3 is 6.03 Å². The number of carbonyl (C=O) groups excluding carboxylic acids is 3. The summed E-state index contributed by atoms with van der Waals surface area (Å²) < 4.78 is 14.6. The monoisotopic (exact) mass is 393 g/mol. The van der Waals surface area contributed by atoms with Gasteiger partial charge in [-0.3, -0.25) is 14.9 Å². The lowest BCUT2D eigenvalue weighted by molar-refractivity contribution is -0.122. The molecule has 2 aromatic rings. The van der Waals surface area contributed by atoms with Crippen molar-refractivity contribution in [2.45, 2.75) is 19.8 Å². The number of benzene rings is 2. The third-order valence-electron chi connectivity index (χ3n) is 5.12. The van der Waals surface area contributed by atoms with Crippen molar-refractivity contribution >= 4 is 35.3 Å². The second-order valence-electron chi connectivity index (χ2n) is 7.20. The van der Waals surface area contributed by atoms with Gasteiger partial charge in [0.15, 0.2) is 0 Å². The molecule has 1 N–H and O–H groups in total. The Labute approximate surface area is 167 Å². The molecule has 0 unspecified atom stereocenters. The van der Waals surface area contributed by atoms with Gasteiger partial charge in [-0.2, -0.15) is 0 Å². The number of nitrogens with zero attached hydrogens (tertiary/aromatic N) is 2. The summed E-state index contributed by atoms with van der Waals surface area (Å²) in [5.74, 6) is -1.95. The molecule has 4 amide bonds. The molecule has 2 heterocycles. The number of imide groups is 2. The molecule has 0 atom stereocenters. The lowest BCUT2D eigenvalue weighted by atomic mass is 10.1. The Morgan fingerprint density at radius 2 is 1.69 bits per heavy atom. The van der Waals surface area contributed by atoms with E-state index in [2.05, 4.69) is 5.32 Å². The summed E-state index contributed by atoms with van der Waals surface area (Å²) in [6.45, 7) is 3.51. The van der Waals surface area contributed by atoms with Gasteiger partial charge in [0.25, 0.3) is 11.8 Å². The topological polar surface area (TPSA) is 69.7 Å². The number of rotatable bonds is 3. The fourth-order valence-electron chi connectivity index (χ4n) is 3.58. The van der Waals surface area contributed by atoms with Crippen LogP contribution in [-0.2, 0) is 9.59 Å². The summed E-state index contributed by atoms with van der Waals surface area (Å²) in [7, 11) is 0. The van der Waals surface area contributed by atoms with Crippen molar-refractivity contribution < 1.29 is 18.8 Å². The van der Waals surface area contributed by atoms with Crippen LogP contribution in [0.3, 0.4) is 0 Å². The van der Waals surface area contributed by atoms with Gasteiger partial charge in [0.2, 0.25) is 0 Å². The molecule has 0 radical (unpaired) electrons. The van der Waals surface area contributed by atoms with Gasteiger partial charge in [-0.25, -0.2) is 14.1 Å². The molecule has 0 saturated carbocycles. The number of hydrogen-bond donors (Lipinski definition) is 1. The zero-order valence-electron chi connectivity index (χ0n) is 15.9. The summed E-state index contributed by atoms with van der Waals surface area (Å²) in [5.41, 5.74) is 1.99. The normalized spacial score (nSPS) is 18.6. The fraction of sp³-hybridized carbons (Fsp3) is 0.227. The highest BCUT2D eigenvalue weighted by Gasteiger charge is 2.36. The van der Waals surface area contributed by atoms with Crippen LogP contribution in [0, 0.1) is 12.7 Å². The van der Waals surface area contributed by atoms with Crippen LogP contribution in [0.15, 0.2) is 48.0 Å². The van der Waals surface area contributed by atoms with Gasteiger partial charge in [-0.05, 0) is 55.7 Å². The predicted octanol–water partition coefficient (Wildman–Crippen LogP) is 3.40. The lowest BCUT2D eigenvalue weighted by Gasteiger charge is -2.26. The molecule has 29 heavy (non-hydrogen) atoms. The molecule has 148 valence electrons. The molecule has 7 heteroatoms.